The minimum atomic E-state index is -0.494. The van der Waals surface area contributed by atoms with Crippen LogP contribution in [0.1, 0.15) is 60.3 Å². The van der Waals surface area contributed by atoms with Crippen LogP contribution in [-0.2, 0) is 4.74 Å². The third kappa shape index (κ3) is 6.16. The van der Waals surface area contributed by atoms with Crippen molar-refractivity contribution in [3.05, 3.63) is 0 Å². The standard InChI is InChI=1S/C11H22O2.C2H6/c1-8(2)4-5-9(3)10-6-7-11(12)13-10;1-2/h8-12H,4-7H2,1-3H3;1-2H3. The highest BCUT2D eigenvalue weighted by molar-refractivity contribution is 4.73. The van der Waals surface area contributed by atoms with E-state index in [0.717, 1.165) is 18.8 Å². The Balaban J connectivity index is 0.000000921. The highest BCUT2D eigenvalue weighted by atomic mass is 16.6. The molecule has 1 fully saturated rings. The van der Waals surface area contributed by atoms with Crippen LogP contribution in [0.3, 0.4) is 0 Å². The van der Waals surface area contributed by atoms with Crippen LogP contribution >= 0.6 is 0 Å². The van der Waals surface area contributed by atoms with Gasteiger partial charge in [0, 0.05) is 6.42 Å². The van der Waals surface area contributed by atoms with Crippen molar-refractivity contribution in [1.29, 1.82) is 0 Å². The van der Waals surface area contributed by atoms with E-state index in [1.807, 2.05) is 13.8 Å². The van der Waals surface area contributed by atoms with Crippen molar-refractivity contribution < 1.29 is 9.84 Å². The molecule has 15 heavy (non-hydrogen) atoms. The summed E-state index contributed by atoms with van der Waals surface area (Å²) in [5.41, 5.74) is 0. The fraction of sp³-hybridized carbons (Fsp3) is 1.00. The number of aliphatic hydroxyl groups excluding tert-OH is 1. The zero-order valence-corrected chi connectivity index (χ0v) is 11.0. The van der Waals surface area contributed by atoms with Gasteiger partial charge in [-0.1, -0.05) is 41.0 Å². The van der Waals surface area contributed by atoms with E-state index in [1.54, 1.807) is 0 Å². The monoisotopic (exact) mass is 216 g/mol. The van der Waals surface area contributed by atoms with Crippen LogP contribution in [0, 0.1) is 11.8 Å². The second kappa shape index (κ2) is 8.12. The van der Waals surface area contributed by atoms with E-state index < -0.39 is 6.29 Å². The predicted octanol–water partition coefficient (Wildman–Crippen LogP) is 3.58. The first-order valence-electron chi connectivity index (χ1n) is 6.43. The summed E-state index contributed by atoms with van der Waals surface area (Å²) in [6.07, 6.45) is 4.13. The van der Waals surface area contributed by atoms with Gasteiger partial charge in [0.2, 0.25) is 0 Å². The van der Waals surface area contributed by atoms with Gasteiger partial charge in [0.15, 0.2) is 6.29 Å². The van der Waals surface area contributed by atoms with Gasteiger partial charge in [-0.2, -0.15) is 0 Å². The number of aliphatic hydroxyl groups is 1. The summed E-state index contributed by atoms with van der Waals surface area (Å²) in [5, 5.41) is 9.20. The van der Waals surface area contributed by atoms with E-state index in [4.69, 9.17) is 4.74 Å². The number of hydrogen-bond acceptors (Lipinski definition) is 2. The number of ether oxygens (including phenoxy) is 1. The van der Waals surface area contributed by atoms with Crippen molar-refractivity contribution in [3.8, 4) is 0 Å². The molecule has 1 aliphatic heterocycles. The molecule has 1 saturated heterocycles. The quantitative estimate of drug-likeness (QED) is 0.778. The molecular formula is C13H28O2. The molecule has 0 aromatic carbocycles. The summed E-state index contributed by atoms with van der Waals surface area (Å²) in [6.45, 7) is 10.7. The highest BCUT2D eigenvalue weighted by Crippen LogP contribution is 2.27. The first-order valence-corrected chi connectivity index (χ1v) is 6.43. The van der Waals surface area contributed by atoms with Crippen LogP contribution in [-0.4, -0.2) is 17.5 Å². The molecule has 3 atom stereocenters. The minimum Gasteiger partial charge on any atom is -0.368 e. The van der Waals surface area contributed by atoms with Crippen LogP contribution in [0.4, 0.5) is 0 Å². The summed E-state index contributed by atoms with van der Waals surface area (Å²) in [6, 6.07) is 0. The summed E-state index contributed by atoms with van der Waals surface area (Å²) in [5.74, 6) is 1.37. The van der Waals surface area contributed by atoms with Gasteiger partial charge in [-0.15, -0.1) is 0 Å². The summed E-state index contributed by atoms with van der Waals surface area (Å²) < 4.78 is 5.41. The number of hydrogen-bond donors (Lipinski definition) is 1. The van der Waals surface area contributed by atoms with Crippen molar-refractivity contribution in [2.75, 3.05) is 0 Å². The van der Waals surface area contributed by atoms with Crippen molar-refractivity contribution in [2.24, 2.45) is 11.8 Å². The fourth-order valence-corrected chi connectivity index (χ4v) is 1.85. The van der Waals surface area contributed by atoms with E-state index in [-0.39, 0.29) is 0 Å². The third-order valence-corrected chi connectivity index (χ3v) is 2.86. The lowest BCUT2D eigenvalue weighted by molar-refractivity contribution is -0.104. The van der Waals surface area contributed by atoms with Crippen LogP contribution in [0.15, 0.2) is 0 Å². The maximum Gasteiger partial charge on any atom is 0.155 e. The van der Waals surface area contributed by atoms with Gasteiger partial charge in [0.25, 0.3) is 0 Å². The van der Waals surface area contributed by atoms with E-state index >= 15 is 0 Å². The lowest BCUT2D eigenvalue weighted by Gasteiger charge is -2.19. The Kier molecular flexibility index (Phi) is 8.07. The van der Waals surface area contributed by atoms with Crippen LogP contribution in [0.25, 0.3) is 0 Å². The molecule has 0 bridgehead atoms. The zero-order chi connectivity index (χ0) is 11.8. The Morgan fingerprint density at radius 3 is 2.13 bits per heavy atom. The zero-order valence-electron chi connectivity index (χ0n) is 11.0. The third-order valence-electron chi connectivity index (χ3n) is 2.86. The average molecular weight is 216 g/mol. The second-order valence-corrected chi connectivity index (χ2v) is 4.66. The second-order valence-electron chi connectivity index (χ2n) is 4.66. The SMILES string of the molecule is CC.CC(C)CCC(C)C1CCC(O)O1. The first-order chi connectivity index (χ1) is 7.09. The fourth-order valence-electron chi connectivity index (χ4n) is 1.85. The molecule has 1 aliphatic rings. The minimum absolute atomic E-state index is 0.300. The average Bonchev–Trinajstić information content (AvgIpc) is 2.64. The normalized spacial score (nSPS) is 27.4. The molecule has 1 N–H and O–H groups in total. The van der Waals surface area contributed by atoms with Gasteiger partial charge < -0.3 is 9.84 Å². The molecular weight excluding hydrogens is 188 g/mol. The molecule has 1 heterocycles. The molecule has 2 heteroatoms. The Morgan fingerprint density at radius 2 is 1.73 bits per heavy atom. The molecule has 2 nitrogen and oxygen atoms in total. The Morgan fingerprint density at radius 1 is 1.13 bits per heavy atom. The Labute approximate surface area is 95.0 Å². The van der Waals surface area contributed by atoms with E-state index in [0.29, 0.717) is 12.0 Å². The van der Waals surface area contributed by atoms with Gasteiger partial charge in [0.1, 0.15) is 0 Å². The molecule has 0 aromatic rings. The first kappa shape index (κ1) is 14.9. The van der Waals surface area contributed by atoms with Crippen molar-refractivity contribution in [1.82, 2.24) is 0 Å². The van der Waals surface area contributed by atoms with Crippen molar-refractivity contribution in [2.45, 2.75) is 72.7 Å². The maximum atomic E-state index is 9.20. The summed E-state index contributed by atoms with van der Waals surface area (Å²) in [7, 11) is 0. The van der Waals surface area contributed by atoms with Gasteiger partial charge in [-0.05, 0) is 24.7 Å². The van der Waals surface area contributed by atoms with Crippen LogP contribution in [0.2, 0.25) is 0 Å². The molecule has 0 radical (unpaired) electrons. The summed E-state index contributed by atoms with van der Waals surface area (Å²) >= 11 is 0. The molecule has 0 spiro atoms. The molecule has 0 aromatic heterocycles. The van der Waals surface area contributed by atoms with Gasteiger partial charge in [-0.3, -0.25) is 0 Å². The Hall–Kier alpha value is -0.0800. The number of rotatable bonds is 4. The van der Waals surface area contributed by atoms with Crippen LogP contribution < -0.4 is 0 Å². The molecule has 0 saturated carbocycles. The van der Waals surface area contributed by atoms with E-state index in [2.05, 4.69) is 20.8 Å². The lowest BCUT2D eigenvalue weighted by Crippen LogP contribution is -2.19. The van der Waals surface area contributed by atoms with Crippen molar-refractivity contribution >= 4 is 0 Å². The topological polar surface area (TPSA) is 29.5 Å². The maximum absolute atomic E-state index is 9.20. The predicted molar refractivity (Wildman–Crippen MR) is 64.7 cm³/mol. The van der Waals surface area contributed by atoms with Crippen molar-refractivity contribution in [3.63, 3.8) is 0 Å². The van der Waals surface area contributed by atoms with Gasteiger partial charge in [0.05, 0.1) is 6.10 Å². The van der Waals surface area contributed by atoms with Gasteiger partial charge in [-0.25, -0.2) is 0 Å². The molecule has 0 amide bonds. The lowest BCUT2D eigenvalue weighted by atomic mass is 9.93. The highest BCUT2D eigenvalue weighted by Gasteiger charge is 2.27. The molecule has 0 aliphatic carbocycles. The molecule has 1 rings (SSSR count). The molecule has 92 valence electrons. The molecule has 3 unspecified atom stereocenters. The van der Waals surface area contributed by atoms with E-state index in [1.165, 1.54) is 12.8 Å². The van der Waals surface area contributed by atoms with Crippen LogP contribution in [0.5, 0.6) is 0 Å². The smallest absolute Gasteiger partial charge is 0.155 e. The summed E-state index contributed by atoms with van der Waals surface area (Å²) in [4.78, 5) is 0. The van der Waals surface area contributed by atoms with E-state index in [9.17, 15) is 5.11 Å². The largest absolute Gasteiger partial charge is 0.368 e. The Bertz CT molecular complexity index is 145. The van der Waals surface area contributed by atoms with Gasteiger partial charge >= 0.3 is 0 Å².